The van der Waals surface area contributed by atoms with Crippen molar-refractivity contribution in [1.29, 1.82) is 0 Å². The molecule has 0 bridgehead atoms. The van der Waals surface area contributed by atoms with Crippen molar-refractivity contribution in [3.63, 3.8) is 0 Å². The number of rotatable bonds is 6. The molecule has 3 rings (SSSR count). The molecule has 0 unspecified atom stereocenters. The zero-order valence-electron chi connectivity index (χ0n) is 14.0. The predicted octanol–water partition coefficient (Wildman–Crippen LogP) is 4.06. The van der Waals surface area contributed by atoms with E-state index in [2.05, 4.69) is 25.9 Å². The van der Waals surface area contributed by atoms with Gasteiger partial charge in [-0.1, -0.05) is 34.1 Å². The van der Waals surface area contributed by atoms with Gasteiger partial charge in [-0.25, -0.2) is 12.8 Å². The number of halogens is 3. The molecule has 1 aromatic carbocycles. The molecule has 3 aromatic rings. The summed E-state index contributed by atoms with van der Waals surface area (Å²) in [5.74, 6) is -2.73. The Kier molecular flexibility index (Phi) is 5.59. The van der Waals surface area contributed by atoms with Gasteiger partial charge >= 0.3 is 0 Å². The first-order valence-corrected chi connectivity index (χ1v) is 9.90. The van der Waals surface area contributed by atoms with Crippen LogP contribution in [0, 0.1) is 11.8 Å². The molecule has 2 N–H and O–H groups in total. The van der Waals surface area contributed by atoms with E-state index in [1.807, 2.05) is 4.72 Å². The third kappa shape index (κ3) is 4.18. The number of nitrogens with zero attached hydrogens (tertiary/aromatic N) is 1. The van der Waals surface area contributed by atoms with Crippen LogP contribution in [-0.2, 0) is 14.8 Å². The monoisotopic (exact) mass is 457 g/mol. The maximum atomic E-state index is 14.2. The first-order valence-electron chi connectivity index (χ1n) is 7.63. The Labute approximate surface area is 162 Å². The SMILES string of the molecule is COC/C=C/c1cc(F)c(NS(=O)(=O)c2c[nH]c3cc(Br)ccc23)nc1F. The molecule has 0 saturated heterocycles. The number of hydrogen-bond donors (Lipinski definition) is 2. The lowest BCUT2D eigenvalue weighted by molar-refractivity contribution is 0.234. The van der Waals surface area contributed by atoms with E-state index < -0.39 is 27.6 Å². The molecule has 0 radical (unpaired) electrons. The van der Waals surface area contributed by atoms with Crippen LogP contribution in [0.5, 0.6) is 0 Å². The lowest BCUT2D eigenvalue weighted by atomic mass is 10.2. The van der Waals surface area contributed by atoms with Crippen LogP contribution in [0.1, 0.15) is 5.56 Å². The fraction of sp³-hybridized carbons (Fsp3) is 0.118. The minimum absolute atomic E-state index is 0.101. The lowest BCUT2D eigenvalue weighted by Crippen LogP contribution is -2.15. The normalized spacial score (nSPS) is 12.1. The Balaban J connectivity index is 1.94. The van der Waals surface area contributed by atoms with Crippen molar-refractivity contribution in [1.82, 2.24) is 9.97 Å². The van der Waals surface area contributed by atoms with Gasteiger partial charge in [-0.05, 0) is 18.2 Å². The van der Waals surface area contributed by atoms with E-state index in [-0.39, 0.29) is 17.1 Å². The first kappa shape index (κ1) is 19.5. The van der Waals surface area contributed by atoms with Gasteiger partial charge in [0.15, 0.2) is 11.6 Å². The Bertz CT molecular complexity index is 1130. The van der Waals surface area contributed by atoms with Crippen molar-refractivity contribution in [3.05, 3.63) is 58.3 Å². The van der Waals surface area contributed by atoms with Gasteiger partial charge in [-0.2, -0.15) is 9.37 Å². The van der Waals surface area contributed by atoms with Gasteiger partial charge in [0.25, 0.3) is 10.0 Å². The van der Waals surface area contributed by atoms with E-state index in [0.29, 0.717) is 10.9 Å². The summed E-state index contributed by atoms with van der Waals surface area (Å²) in [7, 11) is -2.73. The Hall–Kier alpha value is -2.30. The van der Waals surface area contributed by atoms with Crippen molar-refractivity contribution < 1.29 is 21.9 Å². The second-order valence-electron chi connectivity index (χ2n) is 5.50. The summed E-state index contributed by atoms with van der Waals surface area (Å²) in [6, 6.07) is 5.83. The van der Waals surface area contributed by atoms with E-state index in [0.717, 1.165) is 10.5 Å². The van der Waals surface area contributed by atoms with Crippen molar-refractivity contribution in [2.24, 2.45) is 0 Å². The largest absolute Gasteiger partial charge is 0.381 e. The molecule has 0 fully saturated rings. The number of benzene rings is 1. The number of H-pyrrole nitrogens is 1. The topological polar surface area (TPSA) is 84.1 Å². The summed E-state index contributed by atoms with van der Waals surface area (Å²) in [6.07, 6.45) is 4.05. The zero-order valence-corrected chi connectivity index (χ0v) is 16.4. The smallest absolute Gasteiger partial charge is 0.265 e. The number of ether oxygens (including phenoxy) is 1. The summed E-state index contributed by atoms with van der Waals surface area (Å²) < 4.78 is 61.1. The van der Waals surface area contributed by atoms with E-state index >= 15 is 0 Å². The number of methoxy groups -OCH3 is 1. The molecule has 142 valence electrons. The molecule has 10 heteroatoms. The van der Waals surface area contributed by atoms with Gasteiger partial charge in [0, 0.05) is 34.2 Å². The van der Waals surface area contributed by atoms with Crippen LogP contribution < -0.4 is 4.72 Å². The number of anilines is 1. The highest BCUT2D eigenvalue weighted by Gasteiger charge is 2.22. The highest BCUT2D eigenvalue weighted by Crippen LogP contribution is 2.27. The first-order chi connectivity index (χ1) is 12.8. The number of nitrogens with one attached hydrogen (secondary N) is 2. The fourth-order valence-corrected chi connectivity index (χ4v) is 3.97. The maximum absolute atomic E-state index is 14.2. The van der Waals surface area contributed by atoms with Gasteiger partial charge in [0.05, 0.1) is 6.61 Å². The number of pyridine rings is 1. The fourth-order valence-electron chi connectivity index (χ4n) is 2.42. The summed E-state index contributed by atoms with van der Waals surface area (Å²) >= 11 is 3.29. The Morgan fingerprint density at radius 3 is 2.85 bits per heavy atom. The average Bonchev–Trinajstić information content (AvgIpc) is 3.03. The highest BCUT2D eigenvalue weighted by atomic mass is 79.9. The Morgan fingerprint density at radius 2 is 2.11 bits per heavy atom. The van der Waals surface area contributed by atoms with E-state index in [9.17, 15) is 17.2 Å². The van der Waals surface area contributed by atoms with Gasteiger partial charge in [0.1, 0.15) is 4.90 Å². The van der Waals surface area contributed by atoms with E-state index in [1.165, 1.54) is 25.5 Å². The third-order valence-electron chi connectivity index (χ3n) is 3.64. The Morgan fingerprint density at radius 1 is 1.33 bits per heavy atom. The van der Waals surface area contributed by atoms with Crippen LogP contribution in [0.25, 0.3) is 17.0 Å². The van der Waals surface area contributed by atoms with Crippen molar-refractivity contribution in [2.75, 3.05) is 18.4 Å². The van der Waals surface area contributed by atoms with Gasteiger partial charge < -0.3 is 9.72 Å². The molecule has 0 aliphatic carbocycles. The third-order valence-corrected chi connectivity index (χ3v) is 5.52. The van der Waals surface area contributed by atoms with Crippen molar-refractivity contribution in [2.45, 2.75) is 4.90 Å². The van der Waals surface area contributed by atoms with Crippen LogP contribution in [0.15, 0.2) is 45.9 Å². The van der Waals surface area contributed by atoms with E-state index in [4.69, 9.17) is 4.74 Å². The van der Waals surface area contributed by atoms with Gasteiger partial charge in [0.2, 0.25) is 5.95 Å². The van der Waals surface area contributed by atoms with Crippen LogP contribution in [0.4, 0.5) is 14.6 Å². The average molecular weight is 458 g/mol. The predicted molar refractivity (Wildman–Crippen MR) is 102 cm³/mol. The molecular weight excluding hydrogens is 444 g/mol. The summed E-state index contributed by atoms with van der Waals surface area (Å²) in [5.41, 5.74) is 0.451. The van der Waals surface area contributed by atoms with Crippen molar-refractivity contribution >= 4 is 48.8 Å². The number of aromatic amines is 1. The summed E-state index contributed by atoms with van der Waals surface area (Å²) in [5, 5.41) is 0.408. The van der Waals surface area contributed by atoms with Crippen LogP contribution in [0.2, 0.25) is 0 Å². The molecule has 2 heterocycles. The number of sulfonamides is 1. The highest BCUT2D eigenvalue weighted by molar-refractivity contribution is 9.10. The molecule has 0 spiro atoms. The molecule has 27 heavy (non-hydrogen) atoms. The van der Waals surface area contributed by atoms with Crippen LogP contribution in [-0.4, -0.2) is 32.1 Å². The quantitative estimate of drug-likeness (QED) is 0.546. The summed E-state index contributed by atoms with van der Waals surface area (Å²) in [4.78, 5) is 6.12. The summed E-state index contributed by atoms with van der Waals surface area (Å²) in [6.45, 7) is 0.214. The molecule has 6 nitrogen and oxygen atoms in total. The minimum atomic E-state index is -4.19. The molecule has 2 aromatic heterocycles. The molecule has 0 atom stereocenters. The number of fused-ring (bicyclic) bond motifs is 1. The molecule has 0 aliphatic rings. The van der Waals surface area contributed by atoms with Crippen molar-refractivity contribution in [3.8, 4) is 0 Å². The van der Waals surface area contributed by atoms with Gasteiger partial charge in [-0.3, -0.25) is 4.72 Å². The minimum Gasteiger partial charge on any atom is -0.381 e. The second kappa shape index (κ2) is 7.75. The number of hydrogen-bond acceptors (Lipinski definition) is 4. The standard InChI is InChI=1S/C17H14BrF2N3O3S/c1-26-6-2-3-10-7-13(19)17(22-16(10)20)23-27(24,25)15-9-21-14-8-11(18)4-5-12(14)15/h2-5,7-9,21H,6H2,1H3,(H,22,23)/b3-2+. The molecular formula is C17H14BrF2N3O3S. The molecule has 0 amide bonds. The van der Waals surface area contributed by atoms with Crippen LogP contribution >= 0.6 is 15.9 Å². The second-order valence-corrected chi connectivity index (χ2v) is 8.07. The van der Waals surface area contributed by atoms with Crippen LogP contribution in [0.3, 0.4) is 0 Å². The molecule has 0 saturated carbocycles. The maximum Gasteiger partial charge on any atom is 0.265 e. The lowest BCUT2D eigenvalue weighted by Gasteiger charge is -2.08. The van der Waals surface area contributed by atoms with E-state index in [1.54, 1.807) is 18.2 Å². The zero-order chi connectivity index (χ0) is 19.6. The van der Waals surface area contributed by atoms with Gasteiger partial charge in [-0.15, -0.1) is 0 Å². The molecule has 0 aliphatic heterocycles. The number of aromatic nitrogens is 2.